The van der Waals surface area contributed by atoms with Gasteiger partial charge in [-0.3, -0.25) is 4.79 Å². The zero-order valence-electron chi connectivity index (χ0n) is 13.9. The van der Waals surface area contributed by atoms with E-state index in [1.54, 1.807) is 11.9 Å². The van der Waals surface area contributed by atoms with Gasteiger partial charge in [-0.25, -0.2) is 13.8 Å². The van der Waals surface area contributed by atoms with Crippen LogP contribution in [0.1, 0.15) is 19.2 Å². The zero-order chi connectivity index (χ0) is 17.0. The second-order valence-corrected chi connectivity index (χ2v) is 5.33. The van der Waals surface area contributed by atoms with E-state index in [0.29, 0.717) is 18.9 Å². The summed E-state index contributed by atoms with van der Waals surface area (Å²) in [5, 5.41) is 0. The van der Waals surface area contributed by atoms with Gasteiger partial charge in [0.15, 0.2) is 11.7 Å². The molecule has 0 bridgehead atoms. The van der Waals surface area contributed by atoms with E-state index in [4.69, 9.17) is 10.2 Å². The first-order valence-electron chi connectivity index (χ1n) is 7.28. The number of carbonyl (C=O) groups is 1. The summed E-state index contributed by atoms with van der Waals surface area (Å²) in [5.41, 5.74) is 5.65. The monoisotopic (exact) mass is 395 g/mol. The number of hydrogen-bond acceptors (Lipinski definition) is 4. The van der Waals surface area contributed by atoms with Crippen LogP contribution in [0, 0.1) is 11.6 Å². The molecule has 5 nitrogen and oxygen atoms in total. The first-order chi connectivity index (χ1) is 10.9. The Kier molecular flexibility index (Phi) is 9.62. The molecule has 1 aromatic heterocycles. The number of likely N-dealkylation sites (N-methyl/N-ethyl adjacent to an activating group) is 1. The molecule has 0 fully saturated rings. The van der Waals surface area contributed by atoms with Crippen LogP contribution in [-0.4, -0.2) is 35.4 Å². The average Bonchev–Trinajstić information content (AvgIpc) is 2.99. The Hall–Kier alpha value is -1.70. The zero-order valence-corrected chi connectivity index (χ0v) is 15.5. The predicted octanol–water partition coefficient (Wildman–Crippen LogP) is 3.20. The van der Waals surface area contributed by atoms with Crippen LogP contribution in [0.3, 0.4) is 0 Å². The molecule has 140 valence electrons. The normalized spacial score (nSPS) is 11.2. The van der Waals surface area contributed by atoms with Crippen LogP contribution in [-0.2, 0) is 11.2 Å². The van der Waals surface area contributed by atoms with E-state index in [2.05, 4.69) is 4.98 Å². The fourth-order valence-corrected chi connectivity index (χ4v) is 2.03. The van der Waals surface area contributed by atoms with Crippen molar-refractivity contribution in [3.63, 3.8) is 0 Å². The summed E-state index contributed by atoms with van der Waals surface area (Å²) in [6.45, 7) is 2.24. The molecule has 0 aliphatic heterocycles. The molecule has 2 aromatic rings. The minimum atomic E-state index is -0.722. The summed E-state index contributed by atoms with van der Waals surface area (Å²) in [7, 11) is 1.69. The quantitative estimate of drug-likeness (QED) is 0.814. The van der Waals surface area contributed by atoms with E-state index in [0.717, 1.165) is 12.1 Å². The molecule has 1 heterocycles. The lowest BCUT2D eigenvalue weighted by Gasteiger charge is -2.23. The number of aromatic nitrogens is 1. The van der Waals surface area contributed by atoms with Crippen LogP contribution in [0.4, 0.5) is 8.78 Å². The standard InChI is InChI=1S/C16H19F2N3O2.2ClH/c1-10(8-19)21(2)16(22)6-5-15-20-9-14(23-15)12-4-3-11(17)7-13(12)18;;/h3-4,7,9-10H,5-6,8,19H2,1-2H3;2*1H. The van der Waals surface area contributed by atoms with Gasteiger partial charge in [-0.1, -0.05) is 0 Å². The number of aryl methyl sites for hydroxylation is 1. The molecule has 0 spiro atoms. The van der Waals surface area contributed by atoms with Crippen molar-refractivity contribution in [3.05, 3.63) is 41.9 Å². The number of benzene rings is 1. The average molecular weight is 396 g/mol. The fourth-order valence-electron chi connectivity index (χ4n) is 2.03. The van der Waals surface area contributed by atoms with E-state index < -0.39 is 11.6 Å². The number of nitrogens with zero attached hydrogens (tertiary/aromatic N) is 2. The molecule has 1 amide bonds. The number of rotatable bonds is 6. The maximum Gasteiger partial charge on any atom is 0.223 e. The van der Waals surface area contributed by atoms with Gasteiger partial charge in [0, 0.05) is 38.5 Å². The summed E-state index contributed by atoms with van der Waals surface area (Å²) in [4.78, 5) is 17.6. The van der Waals surface area contributed by atoms with Crippen LogP contribution in [0.2, 0.25) is 0 Å². The fraction of sp³-hybridized carbons (Fsp3) is 0.375. The van der Waals surface area contributed by atoms with Crippen molar-refractivity contribution in [3.8, 4) is 11.3 Å². The molecule has 1 atom stereocenters. The maximum absolute atomic E-state index is 13.7. The molecule has 1 aromatic carbocycles. The Morgan fingerprint density at radius 1 is 1.36 bits per heavy atom. The number of halogens is 4. The second-order valence-electron chi connectivity index (χ2n) is 5.33. The van der Waals surface area contributed by atoms with Crippen LogP contribution < -0.4 is 5.73 Å². The van der Waals surface area contributed by atoms with Gasteiger partial charge in [0.2, 0.25) is 5.91 Å². The van der Waals surface area contributed by atoms with Gasteiger partial charge in [-0.05, 0) is 19.1 Å². The van der Waals surface area contributed by atoms with Gasteiger partial charge in [-0.2, -0.15) is 0 Å². The third-order valence-corrected chi connectivity index (χ3v) is 3.70. The molecule has 2 N–H and O–H groups in total. The van der Waals surface area contributed by atoms with Crippen molar-refractivity contribution >= 4 is 30.7 Å². The number of amides is 1. The summed E-state index contributed by atoms with van der Waals surface area (Å²) < 4.78 is 32.0. The van der Waals surface area contributed by atoms with Gasteiger partial charge in [-0.15, -0.1) is 24.8 Å². The van der Waals surface area contributed by atoms with Crippen molar-refractivity contribution in [2.75, 3.05) is 13.6 Å². The van der Waals surface area contributed by atoms with Gasteiger partial charge in [0.1, 0.15) is 11.6 Å². The van der Waals surface area contributed by atoms with Crippen LogP contribution >= 0.6 is 24.8 Å². The molecular formula is C16H21Cl2F2N3O2. The topological polar surface area (TPSA) is 72.4 Å². The first kappa shape index (κ1) is 23.3. The van der Waals surface area contributed by atoms with E-state index >= 15 is 0 Å². The van der Waals surface area contributed by atoms with Crippen LogP contribution in [0.5, 0.6) is 0 Å². The number of oxazole rings is 1. The Morgan fingerprint density at radius 3 is 2.64 bits per heavy atom. The highest BCUT2D eigenvalue weighted by molar-refractivity contribution is 5.85. The highest BCUT2D eigenvalue weighted by Gasteiger charge is 2.16. The molecule has 0 aliphatic rings. The molecule has 1 unspecified atom stereocenters. The summed E-state index contributed by atoms with van der Waals surface area (Å²) >= 11 is 0. The Morgan fingerprint density at radius 2 is 2.04 bits per heavy atom. The van der Waals surface area contributed by atoms with Crippen LogP contribution in [0.25, 0.3) is 11.3 Å². The van der Waals surface area contributed by atoms with Crippen molar-refractivity contribution in [1.29, 1.82) is 0 Å². The Labute approximate surface area is 157 Å². The van der Waals surface area contributed by atoms with Gasteiger partial charge >= 0.3 is 0 Å². The lowest BCUT2D eigenvalue weighted by atomic mass is 10.2. The highest BCUT2D eigenvalue weighted by atomic mass is 35.5. The molecule has 2 rings (SSSR count). The third kappa shape index (κ3) is 5.95. The largest absolute Gasteiger partial charge is 0.441 e. The number of nitrogens with two attached hydrogens (primary N) is 1. The molecular weight excluding hydrogens is 375 g/mol. The molecule has 0 saturated carbocycles. The van der Waals surface area contributed by atoms with Crippen molar-refractivity contribution < 1.29 is 18.0 Å². The van der Waals surface area contributed by atoms with Crippen molar-refractivity contribution in [1.82, 2.24) is 9.88 Å². The number of carbonyl (C=O) groups excluding carboxylic acids is 1. The third-order valence-electron chi connectivity index (χ3n) is 3.70. The molecule has 25 heavy (non-hydrogen) atoms. The first-order valence-corrected chi connectivity index (χ1v) is 7.28. The molecule has 0 aliphatic carbocycles. The summed E-state index contributed by atoms with van der Waals surface area (Å²) in [6, 6.07) is 3.17. The van der Waals surface area contributed by atoms with E-state index in [-0.39, 0.29) is 54.5 Å². The molecule has 9 heteroatoms. The maximum atomic E-state index is 13.7. The van der Waals surface area contributed by atoms with Gasteiger partial charge in [0.25, 0.3) is 0 Å². The summed E-state index contributed by atoms with van der Waals surface area (Å²) in [5.74, 6) is -0.927. The van der Waals surface area contributed by atoms with Gasteiger partial charge in [0.05, 0.1) is 11.8 Å². The minimum Gasteiger partial charge on any atom is -0.441 e. The Balaban J connectivity index is 0.00000288. The van der Waals surface area contributed by atoms with Crippen molar-refractivity contribution in [2.45, 2.75) is 25.8 Å². The molecule has 0 saturated heterocycles. The van der Waals surface area contributed by atoms with Crippen molar-refractivity contribution in [2.24, 2.45) is 5.73 Å². The lowest BCUT2D eigenvalue weighted by Crippen LogP contribution is -2.39. The SMILES string of the molecule is CC(CN)N(C)C(=O)CCc1ncc(-c2ccc(F)cc2F)o1.Cl.Cl. The number of hydrogen-bond donors (Lipinski definition) is 1. The molecule has 0 radical (unpaired) electrons. The summed E-state index contributed by atoms with van der Waals surface area (Å²) in [6.07, 6.45) is 1.87. The van der Waals surface area contributed by atoms with E-state index in [9.17, 15) is 13.6 Å². The highest BCUT2D eigenvalue weighted by Crippen LogP contribution is 2.24. The smallest absolute Gasteiger partial charge is 0.223 e. The van der Waals surface area contributed by atoms with E-state index in [1.807, 2.05) is 6.92 Å². The van der Waals surface area contributed by atoms with Crippen LogP contribution in [0.15, 0.2) is 28.8 Å². The predicted molar refractivity (Wildman–Crippen MR) is 96.0 cm³/mol. The minimum absolute atomic E-state index is 0. The van der Waals surface area contributed by atoms with E-state index in [1.165, 1.54) is 12.3 Å². The second kappa shape index (κ2) is 10.3. The Bertz CT molecular complexity index is 698. The van der Waals surface area contributed by atoms with Gasteiger partial charge < -0.3 is 15.1 Å². The lowest BCUT2D eigenvalue weighted by molar-refractivity contribution is -0.131.